The predicted molar refractivity (Wildman–Crippen MR) is 70.4 cm³/mol. The van der Waals surface area contributed by atoms with Crippen molar-refractivity contribution in [1.29, 1.82) is 0 Å². The zero-order chi connectivity index (χ0) is 13.1. The lowest BCUT2D eigenvalue weighted by molar-refractivity contribution is -0.133. The standard InChI is InChI=1S/C13H21N5O/c19-13(8-18-10-14-9-16-18)17-5-3-12(4-6-17)15-7-11-1-2-11/h9-12,15H,1-8H2. The van der Waals surface area contributed by atoms with Gasteiger partial charge in [-0.15, -0.1) is 0 Å². The van der Waals surface area contributed by atoms with E-state index in [-0.39, 0.29) is 5.91 Å². The molecule has 1 N–H and O–H groups in total. The van der Waals surface area contributed by atoms with Crippen molar-refractivity contribution in [2.75, 3.05) is 19.6 Å². The largest absolute Gasteiger partial charge is 0.341 e. The molecule has 1 amide bonds. The smallest absolute Gasteiger partial charge is 0.244 e. The van der Waals surface area contributed by atoms with Crippen molar-refractivity contribution < 1.29 is 4.79 Å². The summed E-state index contributed by atoms with van der Waals surface area (Å²) in [5.74, 6) is 1.07. The van der Waals surface area contributed by atoms with Crippen molar-refractivity contribution in [3.8, 4) is 0 Å². The van der Waals surface area contributed by atoms with Crippen LogP contribution in [0.5, 0.6) is 0 Å². The van der Waals surface area contributed by atoms with Gasteiger partial charge in [-0.1, -0.05) is 0 Å². The Morgan fingerprint density at radius 1 is 1.26 bits per heavy atom. The summed E-state index contributed by atoms with van der Waals surface area (Å²) in [7, 11) is 0. The molecule has 104 valence electrons. The number of nitrogens with one attached hydrogen (secondary N) is 1. The van der Waals surface area contributed by atoms with Gasteiger partial charge in [0.15, 0.2) is 0 Å². The molecule has 2 aliphatic rings. The summed E-state index contributed by atoms with van der Waals surface area (Å²) < 4.78 is 1.58. The summed E-state index contributed by atoms with van der Waals surface area (Å²) >= 11 is 0. The van der Waals surface area contributed by atoms with E-state index in [0.717, 1.165) is 38.4 Å². The lowest BCUT2D eigenvalue weighted by atomic mass is 10.0. The van der Waals surface area contributed by atoms with Crippen LogP contribution in [0.2, 0.25) is 0 Å². The quantitative estimate of drug-likeness (QED) is 0.828. The molecule has 1 aliphatic carbocycles. The van der Waals surface area contributed by atoms with Gasteiger partial charge in [-0.05, 0) is 38.1 Å². The number of aromatic nitrogens is 3. The van der Waals surface area contributed by atoms with Crippen molar-refractivity contribution >= 4 is 5.91 Å². The Balaban J connectivity index is 1.40. The normalized spacial score (nSPS) is 20.7. The van der Waals surface area contributed by atoms with Crippen molar-refractivity contribution in [2.24, 2.45) is 5.92 Å². The number of rotatable bonds is 5. The van der Waals surface area contributed by atoms with Crippen molar-refractivity contribution in [3.63, 3.8) is 0 Å². The summed E-state index contributed by atoms with van der Waals surface area (Å²) in [6.45, 7) is 3.18. The molecule has 6 nitrogen and oxygen atoms in total. The number of piperidine rings is 1. The third-order valence-electron chi connectivity index (χ3n) is 4.00. The van der Waals surface area contributed by atoms with Gasteiger partial charge in [-0.2, -0.15) is 5.10 Å². The first-order valence-electron chi connectivity index (χ1n) is 7.15. The molecule has 0 atom stereocenters. The van der Waals surface area contributed by atoms with E-state index < -0.39 is 0 Å². The van der Waals surface area contributed by atoms with Gasteiger partial charge in [0.2, 0.25) is 5.91 Å². The molecule has 0 spiro atoms. The van der Waals surface area contributed by atoms with Crippen LogP contribution in [-0.4, -0.2) is 51.2 Å². The second-order valence-corrected chi connectivity index (χ2v) is 5.60. The number of hydrogen-bond donors (Lipinski definition) is 1. The van der Waals surface area contributed by atoms with Gasteiger partial charge in [0.25, 0.3) is 0 Å². The topological polar surface area (TPSA) is 63.1 Å². The molecule has 0 aromatic carbocycles. The van der Waals surface area contributed by atoms with Gasteiger partial charge < -0.3 is 10.2 Å². The van der Waals surface area contributed by atoms with Crippen LogP contribution >= 0.6 is 0 Å². The maximum Gasteiger partial charge on any atom is 0.244 e. The monoisotopic (exact) mass is 263 g/mol. The van der Waals surface area contributed by atoms with E-state index in [4.69, 9.17) is 0 Å². The van der Waals surface area contributed by atoms with Crippen LogP contribution in [0.3, 0.4) is 0 Å². The first kappa shape index (κ1) is 12.6. The summed E-state index contributed by atoms with van der Waals surface area (Å²) in [5.41, 5.74) is 0. The molecule has 0 radical (unpaired) electrons. The average molecular weight is 263 g/mol. The van der Waals surface area contributed by atoms with E-state index >= 15 is 0 Å². The molecule has 1 saturated carbocycles. The molecule has 1 saturated heterocycles. The molecule has 1 aromatic rings. The summed E-state index contributed by atoms with van der Waals surface area (Å²) in [6, 6.07) is 0.594. The van der Waals surface area contributed by atoms with E-state index in [2.05, 4.69) is 15.4 Å². The van der Waals surface area contributed by atoms with Crippen LogP contribution in [0.25, 0.3) is 0 Å². The molecule has 19 heavy (non-hydrogen) atoms. The van der Waals surface area contributed by atoms with Crippen LogP contribution in [-0.2, 0) is 11.3 Å². The highest BCUT2D eigenvalue weighted by Crippen LogP contribution is 2.28. The van der Waals surface area contributed by atoms with Crippen LogP contribution < -0.4 is 5.32 Å². The van der Waals surface area contributed by atoms with Crippen molar-refractivity contribution in [1.82, 2.24) is 25.0 Å². The highest BCUT2D eigenvalue weighted by molar-refractivity contribution is 5.75. The van der Waals surface area contributed by atoms with Crippen molar-refractivity contribution in [3.05, 3.63) is 12.7 Å². The highest BCUT2D eigenvalue weighted by atomic mass is 16.2. The second-order valence-electron chi connectivity index (χ2n) is 5.60. The Morgan fingerprint density at radius 3 is 2.68 bits per heavy atom. The maximum atomic E-state index is 12.1. The molecule has 3 rings (SSSR count). The van der Waals surface area contributed by atoms with E-state index in [1.807, 2.05) is 4.90 Å². The Hall–Kier alpha value is -1.43. The maximum absolute atomic E-state index is 12.1. The van der Waals surface area contributed by atoms with Gasteiger partial charge in [-0.3, -0.25) is 4.79 Å². The second kappa shape index (κ2) is 5.69. The summed E-state index contributed by atoms with van der Waals surface area (Å²) in [6.07, 6.45) is 7.96. The first-order valence-corrected chi connectivity index (χ1v) is 7.15. The Morgan fingerprint density at radius 2 is 2.05 bits per heavy atom. The first-order chi connectivity index (χ1) is 9.31. The number of likely N-dealkylation sites (tertiary alicyclic amines) is 1. The van der Waals surface area contributed by atoms with Gasteiger partial charge in [0.1, 0.15) is 19.2 Å². The van der Waals surface area contributed by atoms with Crippen LogP contribution in [0.15, 0.2) is 12.7 Å². The van der Waals surface area contributed by atoms with E-state index in [1.165, 1.54) is 19.2 Å². The molecule has 2 heterocycles. The molecule has 0 unspecified atom stereocenters. The highest BCUT2D eigenvalue weighted by Gasteiger charge is 2.25. The average Bonchev–Trinajstić information content (AvgIpc) is 3.13. The van der Waals surface area contributed by atoms with E-state index in [1.54, 1.807) is 11.0 Å². The molecule has 2 fully saturated rings. The fourth-order valence-corrected chi connectivity index (χ4v) is 2.54. The van der Waals surface area contributed by atoms with Crippen molar-refractivity contribution in [2.45, 2.75) is 38.3 Å². The zero-order valence-electron chi connectivity index (χ0n) is 11.2. The minimum Gasteiger partial charge on any atom is -0.341 e. The predicted octanol–water partition coefficient (Wildman–Crippen LogP) is 0.269. The van der Waals surface area contributed by atoms with Gasteiger partial charge in [0, 0.05) is 19.1 Å². The number of amides is 1. The molecule has 1 aromatic heterocycles. The van der Waals surface area contributed by atoms with Gasteiger partial charge in [-0.25, -0.2) is 9.67 Å². The minimum atomic E-state index is 0.145. The summed E-state index contributed by atoms with van der Waals surface area (Å²) in [4.78, 5) is 17.9. The van der Waals surface area contributed by atoms with E-state index in [0.29, 0.717) is 12.6 Å². The fourth-order valence-electron chi connectivity index (χ4n) is 2.54. The number of carbonyl (C=O) groups excluding carboxylic acids is 1. The Kier molecular flexibility index (Phi) is 3.77. The molecule has 1 aliphatic heterocycles. The fraction of sp³-hybridized carbons (Fsp3) is 0.769. The third kappa shape index (κ3) is 3.53. The molecule has 0 bridgehead atoms. The van der Waals surface area contributed by atoms with Crippen LogP contribution in [0.4, 0.5) is 0 Å². The Bertz CT molecular complexity index is 407. The van der Waals surface area contributed by atoms with Gasteiger partial charge in [0.05, 0.1) is 0 Å². The van der Waals surface area contributed by atoms with Gasteiger partial charge >= 0.3 is 0 Å². The van der Waals surface area contributed by atoms with Crippen LogP contribution in [0, 0.1) is 5.92 Å². The summed E-state index contributed by atoms with van der Waals surface area (Å²) in [5, 5.41) is 7.59. The number of nitrogens with zero attached hydrogens (tertiary/aromatic N) is 4. The number of carbonyl (C=O) groups is 1. The lowest BCUT2D eigenvalue weighted by Crippen LogP contribution is -2.46. The third-order valence-corrected chi connectivity index (χ3v) is 4.00. The molecular formula is C13H21N5O. The zero-order valence-corrected chi connectivity index (χ0v) is 11.2. The lowest BCUT2D eigenvalue weighted by Gasteiger charge is -2.32. The van der Waals surface area contributed by atoms with Crippen LogP contribution in [0.1, 0.15) is 25.7 Å². The Labute approximate surface area is 113 Å². The molecule has 6 heteroatoms. The SMILES string of the molecule is O=C(Cn1cncn1)N1CCC(NCC2CC2)CC1. The molecular weight excluding hydrogens is 242 g/mol. The minimum absolute atomic E-state index is 0.145. The van der Waals surface area contributed by atoms with E-state index in [9.17, 15) is 4.79 Å². The number of hydrogen-bond acceptors (Lipinski definition) is 4.